The molecule has 4 nitrogen and oxygen atoms in total. The summed E-state index contributed by atoms with van der Waals surface area (Å²) in [4.78, 5) is 12.0. The third kappa shape index (κ3) is 5.79. The van der Waals surface area contributed by atoms with Gasteiger partial charge in [0.15, 0.2) is 6.61 Å². The standard InChI is InChI=1S/C16H11Br4ClN2O2/c1-8(9-3-2-4-10(17)5-9)22-23-13(24)7-25-16-12(19)6-11(18)15(21)14(16)20/h2-6H,7H2,1H3,(H,23,24). The smallest absolute Gasteiger partial charge is 0.277 e. The topological polar surface area (TPSA) is 50.7 Å². The Morgan fingerprint density at radius 3 is 2.60 bits per heavy atom. The lowest BCUT2D eigenvalue weighted by Gasteiger charge is -2.12. The first-order chi connectivity index (χ1) is 11.8. The van der Waals surface area contributed by atoms with Gasteiger partial charge in [-0.05, 0) is 78.5 Å². The van der Waals surface area contributed by atoms with Crippen LogP contribution in [0.3, 0.4) is 0 Å². The highest BCUT2D eigenvalue weighted by molar-refractivity contribution is 9.11. The zero-order chi connectivity index (χ0) is 18.6. The molecule has 0 aliphatic carbocycles. The molecule has 1 amide bonds. The highest BCUT2D eigenvalue weighted by Crippen LogP contribution is 2.42. The van der Waals surface area contributed by atoms with Gasteiger partial charge in [0.05, 0.1) is 19.7 Å². The number of hydrogen-bond acceptors (Lipinski definition) is 3. The highest BCUT2D eigenvalue weighted by Gasteiger charge is 2.15. The zero-order valence-corrected chi connectivity index (χ0v) is 19.8. The van der Waals surface area contributed by atoms with Gasteiger partial charge in [-0.2, -0.15) is 5.10 Å². The second-order valence-electron chi connectivity index (χ2n) is 4.83. The average Bonchev–Trinajstić information content (AvgIpc) is 2.57. The van der Waals surface area contributed by atoms with Crippen LogP contribution in [0.25, 0.3) is 0 Å². The van der Waals surface area contributed by atoms with Crippen molar-refractivity contribution in [3.05, 3.63) is 58.8 Å². The maximum atomic E-state index is 12.0. The van der Waals surface area contributed by atoms with Crippen LogP contribution < -0.4 is 10.2 Å². The van der Waals surface area contributed by atoms with E-state index in [1.54, 1.807) is 6.07 Å². The van der Waals surface area contributed by atoms with E-state index < -0.39 is 0 Å². The lowest BCUT2D eigenvalue weighted by Crippen LogP contribution is -2.25. The number of carbonyl (C=O) groups is 1. The maximum absolute atomic E-state index is 12.0. The molecule has 0 heterocycles. The number of amides is 1. The van der Waals surface area contributed by atoms with E-state index >= 15 is 0 Å². The van der Waals surface area contributed by atoms with Crippen molar-refractivity contribution in [2.45, 2.75) is 6.92 Å². The fourth-order valence-electron chi connectivity index (χ4n) is 1.78. The van der Waals surface area contributed by atoms with E-state index in [4.69, 9.17) is 16.3 Å². The van der Waals surface area contributed by atoms with Crippen molar-refractivity contribution in [2.75, 3.05) is 6.61 Å². The van der Waals surface area contributed by atoms with Crippen molar-refractivity contribution in [1.29, 1.82) is 0 Å². The SMILES string of the molecule is CC(=NNC(=O)COc1c(Br)cc(Br)c(Cl)c1Br)c1cccc(Br)c1. The first-order valence-corrected chi connectivity index (χ1v) is 10.4. The van der Waals surface area contributed by atoms with Gasteiger partial charge in [0.1, 0.15) is 5.75 Å². The quantitative estimate of drug-likeness (QED) is 0.185. The van der Waals surface area contributed by atoms with Crippen molar-refractivity contribution >= 4 is 86.9 Å². The fraction of sp³-hybridized carbons (Fsp3) is 0.125. The molecule has 25 heavy (non-hydrogen) atoms. The Labute approximate surface area is 183 Å². The Morgan fingerprint density at radius 1 is 1.20 bits per heavy atom. The molecule has 0 saturated carbocycles. The monoisotopic (exact) mass is 614 g/mol. The van der Waals surface area contributed by atoms with Gasteiger partial charge < -0.3 is 4.74 Å². The minimum atomic E-state index is -0.382. The second-order valence-corrected chi connectivity index (χ2v) is 8.62. The summed E-state index contributed by atoms with van der Waals surface area (Å²) in [6, 6.07) is 9.39. The van der Waals surface area contributed by atoms with E-state index in [0.717, 1.165) is 10.0 Å². The van der Waals surface area contributed by atoms with Gasteiger partial charge in [0.25, 0.3) is 5.91 Å². The van der Waals surface area contributed by atoms with Crippen molar-refractivity contribution in [3.63, 3.8) is 0 Å². The van der Waals surface area contributed by atoms with Crippen LogP contribution in [-0.2, 0) is 4.79 Å². The highest BCUT2D eigenvalue weighted by atomic mass is 79.9. The third-order valence-corrected chi connectivity index (χ3v) is 6.32. The Balaban J connectivity index is 2.00. The second kappa shape index (κ2) is 9.50. The number of carbonyl (C=O) groups excluding carboxylic acids is 1. The number of hydrogen-bond donors (Lipinski definition) is 1. The molecule has 0 aliphatic rings. The number of nitrogens with one attached hydrogen (secondary N) is 1. The van der Waals surface area contributed by atoms with Crippen molar-refractivity contribution in [3.8, 4) is 5.75 Å². The van der Waals surface area contributed by atoms with Crippen LogP contribution >= 0.6 is 75.3 Å². The van der Waals surface area contributed by atoms with Crippen LogP contribution in [0.1, 0.15) is 12.5 Å². The summed E-state index contributed by atoms with van der Waals surface area (Å²) in [6.45, 7) is 1.61. The Bertz CT molecular complexity index is 843. The van der Waals surface area contributed by atoms with Crippen molar-refractivity contribution in [1.82, 2.24) is 5.43 Å². The molecule has 0 aromatic heterocycles. The molecule has 0 spiro atoms. The Morgan fingerprint density at radius 2 is 1.92 bits per heavy atom. The summed E-state index contributed by atoms with van der Waals surface area (Å²) in [7, 11) is 0. The van der Waals surface area contributed by atoms with Gasteiger partial charge in [0.2, 0.25) is 0 Å². The van der Waals surface area contributed by atoms with E-state index in [-0.39, 0.29) is 12.5 Å². The molecule has 132 valence electrons. The summed E-state index contributed by atoms with van der Waals surface area (Å²) >= 11 is 19.6. The maximum Gasteiger partial charge on any atom is 0.277 e. The van der Waals surface area contributed by atoms with Gasteiger partial charge in [-0.3, -0.25) is 4.79 Å². The summed E-state index contributed by atoms with van der Waals surface area (Å²) < 4.78 is 8.40. The van der Waals surface area contributed by atoms with E-state index in [0.29, 0.717) is 29.9 Å². The lowest BCUT2D eigenvalue weighted by molar-refractivity contribution is -0.123. The van der Waals surface area contributed by atoms with Crippen LogP contribution in [-0.4, -0.2) is 18.2 Å². The molecule has 0 saturated heterocycles. The van der Waals surface area contributed by atoms with Crippen LogP contribution in [0, 0.1) is 0 Å². The molecule has 0 bridgehead atoms. The molecule has 0 fully saturated rings. The molecule has 0 aliphatic heterocycles. The summed E-state index contributed by atoms with van der Waals surface area (Å²) in [5.41, 5.74) is 4.06. The molecule has 0 atom stereocenters. The number of rotatable bonds is 5. The summed E-state index contributed by atoms with van der Waals surface area (Å²) in [6.07, 6.45) is 0. The van der Waals surface area contributed by atoms with E-state index in [1.165, 1.54) is 0 Å². The van der Waals surface area contributed by atoms with Crippen LogP contribution in [0.5, 0.6) is 5.75 Å². The molecule has 2 aromatic carbocycles. The minimum Gasteiger partial charge on any atom is -0.481 e. The summed E-state index contributed by atoms with van der Waals surface area (Å²) in [5.74, 6) is 0.0585. The molecule has 1 N–H and O–H groups in total. The molecular formula is C16H11Br4ClN2O2. The predicted molar refractivity (Wildman–Crippen MR) is 115 cm³/mol. The number of halogens is 5. The minimum absolute atomic E-state index is 0.204. The van der Waals surface area contributed by atoms with Crippen LogP contribution in [0.4, 0.5) is 0 Å². The molecule has 0 radical (unpaired) electrons. The molecular weight excluding hydrogens is 607 g/mol. The molecule has 2 aromatic rings. The predicted octanol–water partition coefficient (Wildman–Crippen LogP) is 6.31. The fourth-order valence-corrected chi connectivity index (χ4v) is 4.67. The number of nitrogens with zero attached hydrogens (tertiary/aromatic N) is 1. The van der Waals surface area contributed by atoms with Gasteiger partial charge in [-0.15, -0.1) is 0 Å². The molecule has 2 rings (SSSR count). The normalized spacial score (nSPS) is 11.4. The van der Waals surface area contributed by atoms with Gasteiger partial charge >= 0.3 is 0 Å². The number of hydrazone groups is 1. The van der Waals surface area contributed by atoms with Gasteiger partial charge in [-0.1, -0.05) is 39.7 Å². The first kappa shape index (κ1) is 20.9. The van der Waals surface area contributed by atoms with Crippen LogP contribution in [0.15, 0.2) is 53.3 Å². The average molecular weight is 618 g/mol. The van der Waals surface area contributed by atoms with Crippen LogP contribution in [0.2, 0.25) is 5.02 Å². The first-order valence-electron chi connectivity index (χ1n) is 6.84. The van der Waals surface area contributed by atoms with E-state index in [2.05, 4.69) is 74.2 Å². The van der Waals surface area contributed by atoms with E-state index in [9.17, 15) is 4.79 Å². The molecule has 0 unspecified atom stereocenters. The summed E-state index contributed by atoms with van der Waals surface area (Å²) in [5, 5.41) is 4.54. The van der Waals surface area contributed by atoms with Gasteiger partial charge in [0, 0.05) is 8.95 Å². The van der Waals surface area contributed by atoms with E-state index in [1.807, 2.05) is 31.2 Å². The Hall–Kier alpha value is -0.410. The number of ether oxygens (including phenoxy) is 1. The molecule has 9 heteroatoms. The zero-order valence-electron chi connectivity index (χ0n) is 12.7. The third-order valence-electron chi connectivity index (χ3n) is 3.01. The van der Waals surface area contributed by atoms with Crippen molar-refractivity contribution in [2.24, 2.45) is 5.10 Å². The Kier molecular flexibility index (Phi) is 7.94. The lowest BCUT2D eigenvalue weighted by atomic mass is 10.1. The number of benzene rings is 2. The van der Waals surface area contributed by atoms with Crippen molar-refractivity contribution < 1.29 is 9.53 Å². The largest absolute Gasteiger partial charge is 0.481 e. The van der Waals surface area contributed by atoms with Gasteiger partial charge in [-0.25, -0.2) is 5.43 Å².